The highest BCUT2D eigenvalue weighted by atomic mass is 16.5. The van der Waals surface area contributed by atoms with E-state index in [-0.39, 0.29) is 12.8 Å². The number of benzene rings is 2. The molecule has 0 aromatic heterocycles. The van der Waals surface area contributed by atoms with E-state index in [0.29, 0.717) is 0 Å². The van der Waals surface area contributed by atoms with Crippen LogP contribution in [-0.4, -0.2) is 41.9 Å². The van der Waals surface area contributed by atoms with Crippen molar-refractivity contribution in [2.45, 2.75) is 64.3 Å². The van der Waals surface area contributed by atoms with Crippen LogP contribution in [0.3, 0.4) is 0 Å². The predicted octanol–water partition coefficient (Wildman–Crippen LogP) is 5.31. The third-order valence-corrected chi connectivity index (χ3v) is 4.96. The number of carboxylic acid groups (broad SMARTS) is 2. The topological polar surface area (TPSA) is 95.9 Å². The smallest absolute Gasteiger partial charge is 0.303 e. The first-order valence-electron chi connectivity index (χ1n) is 11.9. The second kappa shape index (κ2) is 19.9. The van der Waals surface area contributed by atoms with Gasteiger partial charge in [-0.1, -0.05) is 73.5 Å². The molecule has 0 aliphatic rings. The molecule has 0 saturated carbocycles. The number of carboxylic acids is 2. The van der Waals surface area contributed by atoms with Gasteiger partial charge in [-0.05, 0) is 49.8 Å². The van der Waals surface area contributed by atoms with E-state index >= 15 is 0 Å². The van der Waals surface area contributed by atoms with Crippen molar-refractivity contribution in [3.63, 3.8) is 0 Å². The summed E-state index contributed by atoms with van der Waals surface area (Å²) in [6.45, 7) is 3.91. The Morgan fingerprint density at radius 1 is 0.667 bits per heavy atom. The van der Waals surface area contributed by atoms with Crippen molar-refractivity contribution >= 4 is 11.9 Å². The molecule has 0 unspecified atom stereocenters. The number of ether oxygens (including phenoxy) is 1. The summed E-state index contributed by atoms with van der Waals surface area (Å²) in [5, 5.41) is 19.3. The summed E-state index contributed by atoms with van der Waals surface area (Å²) in [4.78, 5) is 19.3. The second-order valence-electron chi connectivity index (χ2n) is 7.92. The standard InChI is InChI=1S/C23H33NO.C4H6O4/c1(10-18-24-21-23-16-7-4-8-17-23)2-11-19-25-20-12-9-15-22-13-5-3-6-14-22;5-3(6)1-2-4(7)8/h3-8,13-14,16-17,24H,1-2,9-12,15,18-21H2;1-2H2,(H,5,6)(H,7,8). The number of unbranched alkanes of at least 4 members (excludes halogenated alkanes) is 4. The van der Waals surface area contributed by atoms with Crippen LogP contribution in [0.25, 0.3) is 0 Å². The van der Waals surface area contributed by atoms with Gasteiger partial charge in [0.1, 0.15) is 0 Å². The molecular weight excluding hydrogens is 418 g/mol. The van der Waals surface area contributed by atoms with Crippen LogP contribution < -0.4 is 5.32 Å². The summed E-state index contributed by atoms with van der Waals surface area (Å²) >= 11 is 0. The first-order chi connectivity index (χ1) is 16.1. The van der Waals surface area contributed by atoms with Gasteiger partial charge in [0.2, 0.25) is 0 Å². The molecule has 0 aliphatic heterocycles. The molecule has 0 radical (unpaired) electrons. The molecule has 2 rings (SSSR count). The number of nitrogens with one attached hydrogen (secondary N) is 1. The van der Waals surface area contributed by atoms with E-state index in [1.165, 1.54) is 49.7 Å². The molecule has 0 atom stereocenters. The fraction of sp³-hybridized carbons (Fsp3) is 0.481. The Morgan fingerprint density at radius 3 is 1.76 bits per heavy atom. The molecule has 0 saturated heterocycles. The number of carbonyl (C=O) groups is 2. The van der Waals surface area contributed by atoms with E-state index in [0.717, 1.165) is 32.7 Å². The average molecular weight is 458 g/mol. The molecule has 0 heterocycles. The van der Waals surface area contributed by atoms with Gasteiger partial charge in [-0.15, -0.1) is 0 Å². The van der Waals surface area contributed by atoms with Crippen LogP contribution in [0.1, 0.15) is 62.5 Å². The molecule has 2 aromatic carbocycles. The predicted molar refractivity (Wildman–Crippen MR) is 131 cm³/mol. The Hall–Kier alpha value is -2.70. The number of aryl methyl sites for hydroxylation is 1. The summed E-state index contributed by atoms with van der Waals surface area (Å²) in [6, 6.07) is 21.3. The molecule has 182 valence electrons. The van der Waals surface area contributed by atoms with Crippen LogP contribution in [0.5, 0.6) is 0 Å². The zero-order valence-corrected chi connectivity index (χ0v) is 19.6. The maximum Gasteiger partial charge on any atom is 0.303 e. The van der Waals surface area contributed by atoms with Crippen LogP contribution in [0.2, 0.25) is 0 Å². The maximum atomic E-state index is 9.64. The van der Waals surface area contributed by atoms with Crippen molar-refractivity contribution in [3.05, 3.63) is 71.8 Å². The second-order valence-corrected chi connectivity index (χ2v) is 7.92. The zero-order valence-electron chi connectivity index (χ0n) is 19.6. The van der Waals surface area contributed by atoms with Crippen LogP contribution in [0, 0.1) is 0 Å². The SMILES string of the molecule is O=C(O)CCC(=O)O.c1ccc(CCCCOCCCCCCNCc2ccccc2)cc1. The van der Waals surface area contributed by atoms with Crippen molar-refractivity contribution in [1.82, 2.24) is 5.32 Å². The van der Waals surface area contributed by atoms with Crippen molar-refractivity contribution in [1.29, 1.82) is 0 Å². The van der Waals surface area contributed by atoms with Crippen molar-refractivity contribution < 1.29 is 24.5 Å². The Morgan fingerprint density at radius 2 is 1.18 bits per heavy atom. The summed E-state index contributed by atoms with van der Waals surface area (Å²) < 4.78 is 5.74. The highest BCUT2D eigenvalue weighted by Gasteiger charge is 2.00. The highest BCUT2D eigenvalue weighted by molar-refractivity contribution is 5.75. The Kier molecular flexibility index (Phi) is 17.1. The lowest BCUT2D eigenvalue weighted by Crippen LogP contribution is -2.14. The Balaban J connectivity index is 0.000000582. The monoisotopic (exact) mass is 457 g/mol. The van der Waals surface area contributed by atoms with E-state index < -0.39 is 11.9 Å². The molecule has 0 aliphatic carbocycles. The molecule has 0 amide bonds. The Bertz CT molecular complexity index is 673. The highest BCUT2D eigenvalue weighted by Crippen LogP contribution is 2.05. The zero-order chi connectivity index (χ0) is 24.0. The Labute approximate surface area is 198 Å². The van der Waals surface area contributed by atoms with Gasteiger partial charge in [-0.25, -0.2) is 0 Å². The molecular formula is C27H39NO5. The van der Waals surface area contributed by atoms with Gasteiger partial charge in [0.05, 0.1) is 12.8 Å². The van der Waals surface area contributed by atoms with Crippen molar-refractivity contribution in [2.75, 3.05) is 19.8 Å². The third kappa shape index (κ3) is 18.6. The molecule has 33 heavy (non-hydrogen) atoms. The maximum absolute atomic E-state index is 9.64. The number of aliphatic carboxylic acids is 2. The van der Waals surface area contributed by atoms with Gasteiger partial charge in [-0.3, -0.25) is 9.59 Å². The lowest BCUT2D eigenvalue weighted by Gasteiger charge is -2.06. The third-order valence-electron chi connectivity index (χ3n) is 4.96. The van der Waals surface area contributed by atoms with E-state index in [2.05, 4.69) is 66.0 Å². The van der Waals surface area contributed by atoms with Crippen LogP contribution in [-0.2, 0) is 27.3 Å². The molecule has 0 spiro atoms. The van der Waals surface area contributed by atoms with Gasteiger partial charge in [-0.2, -0.15) is 0 Å². The fourth-order valence-electron chi connectivity index (χ4n) is 3.13. The summed E-state index contributed by atoms with van der Waals surface area (Å²) in [6.07, 6.45) is 7.97. The van der Waals surface area contributed by atoms with Gasteiger partial charge in [0.25, 0.3) is 0 Å². The van der Waals surface area contributed by atoms with Gasteiger partial charge >= 0.3 is 11.9 Å². The summed E-state index contributed by atoms with van der Waals surface area (Å²) in [5.41, 5.74) is 2.80. The van der Waals surface area contributed by atoms with Gasteiger partial charge < -0.3 is 20.3 Å². The van der Waals surface area contributed by atoms with Gasteiger partial charge in [0.15, 0.2) is 0 Å². The quantitative estimate of drug-likeness (QED) is 0.279. The van der Waals surface area contributed by atoms with E-state index in [4.69, 9.17) is 14.9 Å². The van der Waals surface area contributed by atoms with Crippen molar-refractivity contribution in [3.8, 4) is 0 Å². The normalized spacial score (nSPS) is 10.3. The number of hydrogen-bond donors (Lipinski definition) is 3. The lowest BCUT2D eigenvalue weighted by molar-refractivity contribution is -0.143. The van der Waals surface area contributed by atoms with E-state index in [9.17, 15) is 9.59 Å². The summed E-state index contributed by atoms with van der Waals surface area (Å²) in [7, 11) is 0. The molecule has 6 heteroatoms. The molecule has 3 N–H and O–H groups in total. The van der Waals surface area contributed by atoms with E-state index in [1.54, 1.807) is 0 Å². The molecule has 0 fully saturated rings. The molecule has 6 nitrogen and oxygen atoms in total. The van der Waals surface area contributed by atoms with Gasteiger partial charge in [0, 0.05) is 19.8 Å². The summed E-state index contributed by atoms with van der Waals surface area (Å²) in [5.74, 6) is -2.15. The minimum atomic E-state index is -1.08. The first-order valence-corrected chi connectivity index (χ1v) is 11.9. The van der Waals surface area contributed by atoms with Crippen molar-refractivity contribution in [2.24, 2.45) is 0 Å². The minimum absolute atomic E-state index is 0.296. The van der Waals surface area contributed by atoms with E-state index in [1.807, 2.05) is 0 Å². The lowest BCUT2D eigenvalue weighted by atomic mass is 10.1. The largest absolute Gasteiger partial charge is 0.481 e. The first kappa shape index (κ1) is 28.3. The molecule has 2 aromatic rings. The molecule has 0 bridgehead atoms. The number of rotatable bonds is 17. The number of hydrogen-bond acceptors (Lipinski definition) is 4. The van der Waals surface area contributed by atoms with Crippen LogP contribution >= 0.6 is 0 Å². The van der Waals surface area contributed by atoms with Crippen LogP contribution in [0.4, 0.5) is 0 Å². The fourth-order valence-corrected chi connectivity index (χ4v) is 3.13. The van der Waals surface area contributed by atoms with Crippen LogP contribution in [0.15, 0.2) is 60.7 Å². The minimum Gasteiger partial charge on any atom is -0.481 e. The average Bonchev–Trinajstić information content (AvgIpc) is 2.82.